The third-order valence-electron chi connectivity index (χ3n) is 4.59. The molecule has 0 heterocycles. The molecule has 0 bridgehead atoms. The summed E-state index contributed by atoms with van der Waals surface area (Å²) in [4.78, 5) is 27.2. The fraction of sp³-hybridized carbons (Fsp3) is 0.391. The van der Waals surface area contributed by atoms with Crippen molar-refractivity contribution in [2.24, 2.45) is 5.92 Å². The van der Waals surface area contributed by atoms with Gasteiger partial charge in [0.1, 0.15) is 11.9 Å². The van der Waals surface area contributed by atoms with Gasteiger partial charge in [-0.25, -0.2) is 4.39 Å². The van der Waals surface area contributed by atoms with E-state index >= 15 is 0 Å². The van der Waals surface area contributed by atoms with Crippen molar-refractivity contribution in [3.05, 3.63) is 71.0 Å². The highest BCUT2D eigenvalue weighted by molar-refractivity contribution is 5.88. The topological polar surface area (TPSA) is 49.4 Å². The van der Waals surface area contributed by atoms with Crippen LogP contribution in [-0.4, -0.2) is 29.3 Å². The van der Waals surface area contributed by atoms with E-state index in [4.69, 9.17) is 0 Å². The van der Waals surface area contributed by atoms with Crippen LogP contribution in [0.1, 0.15) is 37.5 Å². The predicted octanol–water partition coefficient (Wildman–Crippen LogP) is 3.87. The van der Waals surface area contributed by atoms with Crippen LogP contribution in [0, 0.1) is 18.7 Å². The Hall–Kier alpha value is -2.69. The minimum Gasteiger partial charge on any atom is -0.354 e. The number of hydrogen-bond donors (Lipinski definition) is 1. The van der Waals surface area contributed by atoms with Crippen molar-refractivity contribution in [2.45, 2.75) is 46.7 Å². The van der Waals surface area contributed by atoms with E-state index in [9.17, 15) is 14.0 Å². The van der Waals surface area contributed by atoms with Gasteiger partial charge >= 0.3 is 0 Å². The summed E-state index contributed by atoms with van der Waals surface area (Å²) in [6, 6.07) is 13.2. The average molecular weight is 384 g/mol. The molecule has 0 aliphatic heterocycles. The first-order chi connectivity index (χ1) is 13.3. The summed E-state index contributed by atoms with van der Waals surface area (Å²) < 4.78 is 13.1. The van der Waals surface area contributed by atoms with E-state index in [2.05, 4.69) is 5.32 Å². The Morgan fingerprint density at radius 2 is 1.54 bits per heavy atom. The molecule has 4 nitrogen and oxygen atoms in total. The van der Waals surface area contributed by atoms with Crippen molar-refractivity contribution in [3.8, 4) is 0 Å². The highest BCUT2D eigenvalue weighted by Crippen LogP contribution is 2.14. The van der Waals surface area contributed by atoms with E-state index in [-0.39, 0.29) is 24.1 Å². The first-order valence-corrected chi connectivity index (χ1v) is 9.63. The number of nitrogens with one attached hydrogen (secondary N) is 1. The van der Waals surface area contributed by atoms with Crippen molar-refractivity contribution < 1.29 is 14.0 Å². The van der Waals surface area contributed by atoms with Gasteiger partial charge in [0.25, 0.3) is 0 Å². The molecule has 0 radical (unpaired) electrons. The summed E-state index contributed by atoms with van der Waals surface area (Å²) >= 11 is 0. The number of benzene rings is 2. The van der Waals surface area contributed by atoms with Gasteiger partial charge in [0.05, 0.1) is 6.42 Å². The van der Waals surface area contributed by atoms with Gasteiger partial charge in [-0.15, -0.1) is 0 Å². The third-order valence-corrected chi connectivity index (χ3v) is 4.59. The summed E-state index contributed by atoms with van der Waals surface area (Å²) in [5, 5.41) is 2.90. The van der Waals surface area contributed by atoms with Crippen LogP contribution in [0.4, 0.5) is 4.39 Å². The maximum atomic E-state index is 13.1. The number of carbonyl (C=O) groups is 2. The van der Waals surface area contributed by atoms with Gasteiger partial charge in [-0.05, 0) is 43.0 Å². The molecule has 2 aromatic carbocycles. The minimum atomic E-state index is -0.604. The minimum absolute atomic E-state index is 0.119. The lowest BCUT2D eigenvalue weighted by molar-refractivity contribution is -0.140. The van der Waals surface area contributed by atoms with Crippen LogP contribution >= 0.6 is 0 Å². The SMILES string of the molecule is Cc1ccc(CN(C(=O)Cc2ccc(F)cc2)C(C)C(=O)NCC(C)C)cc1. The van der Waals surface area contributed by atoms with Gasteiger partial charge in [0, 0.05) is 13.1 Å². The molecule has 28 heavy (non-hydrogen) atoms. The maximum absolute atomic E-state index is 13.1. The van der Waals surface area contributed by atoms with Crippen LogP contribution in [0.5, 0.6) is 0 Å². The smallest absolute Gasteiger partial charge is 0.242 e. The molecule has 2 aromatic rings. The van der Waals surface area contributed by atoms with Crippen LogP contribution < -0.4 is 5.32 Å². The Morgan fingerprint density at radius 3 is 2.11 bits per heavy atom. The Morgan fingerprint density at radius 1 is 0.964 bits per heavy atom. The molecule has 1 N–H and O–H groups in total. The molecule has 0 saturated carbocycles. The first kappa shape index (κ1) is 21.6. The standard InChI is InChI=1S/C23H29FN2O2/c1-16(2)14-25-23(28)18(4)26(15-20-7-5-17(3)6-8-20)22(27)13-19-9-11-21(24)12-10-19/h5-12,16,18H,13-15H2,1-4H3,(H,25,28). The van der Waals surface area contributed by atoms with Crippen molar-refractivity contribution in [2.75, 3.05) is 6.54 Å². The summed E-state index contributed by atoms with van der Waals surface area (Å²) in [7, 11) is 0. The summed E-state index contributed by atoms with van der Waals surface area (Å²) in [5.41, 5.74) is 2.81. The van der Waals surface area contributed by atoms with Gasteiger partial charge in [-0.2, -0.15) is 0 Å². The molecule has 1 atom stereocenters. The molecule has 150 valence electrons. The number of hydrogen-bond acceptors (Lipinski definition) is 2. The zero-order chi connectivity index (χ0) is 20.7. The van der Waals surface area contributed by atoms with Crippen LogP contribution in [0.15, 0.2) is 48.5 Å². The summed E-state index contributed by atoms with van der Waals surface area (Å²) in [6.45, 7) is 8.70. The van der Waals surface area contributed by atoms with Crippen LogP contribution in [0.3, 0.4) is 0 Å². The molecule has 0 aromatic heterocycles. The normalized spacial score (nSPS) is 11.9. The molecular formula is C23H29FN2O2. The third kappa shape index (κ3) is 6.48. The lowest BCUT2D eigenvalue weighted by Crippen LogP contribution is -2.48. The number of halogens is 1. The lowest BCUT2D eigenvalue weighted by atomic mass is 10.1. The van der Waals surface area contributed by atoms with Crippen molar-refractivity contribution in [1.82, 2.24) is 10.2 Å². The second-order valence-electron chi connectivity index (χ2n) is 7.63. The fourth-order valence-electron chi connectivity index (χ4n) is 2.80. The lowest BCUT2D eigenvalue weighted by Gasteiger charge is -2.29. The quantitative estimate of drug-likeness (QED) is 0.751. The van der Waals surface area contributed by atoms with E-state index in [0.717, 1.165) is 16.7 Å². The zero-order valence-electron chi connectivity index (χ0n) is 17.0. The fourth-order valence-corrected chi connectivity index (χ4v) is 2.80. The molecule has 5 heteroatoms. The molecule has 1 unspecified atom stereocenters. The van der Waals surface area contributed by atoms with Crippen LogP contribution in [0.2, 0.25) is 0 Å². The van der Waals surface area contributed by atoms with Crippen LogP contribution in [0.25, 0.3) is 0 Å². The van der Waals surface area contributed by atoms with Gasteiger partial charge < -0.3 is 10.2 Å². The van der Waals surface area contributed by atoms with Gasteiger partial charge in [0.2, 0.25) is 11.8 Å². The molecule has 2 amide bonds. The number of aryl methyl sites for hydroxylation is 1. The summed E-state index contributed by atoms with van der Waals surface area (Å²) in [5.74, 6) is -0.349. The highest BCUT2D eigenvalue weighted by atomic mass is 19.1. The Kier molecular flexibility index (Phi) is 7.73. The average Bonchev–Trinajstić information content (AvgIpc) is 2.66. The van der Waals surface area contributed by atoms with E-state index in [0.29, 0.717) is 19.0 Å². The van der Waals surface area contributed by atoms with Gasteiger partial charge in [0.15, 0.2) is 0 Å². The second-order valence-corrected chi connectivity index (χ2v) is 7.63. The molecule has 0 aliphatic carbocycles. The maximum Gasteiger partial charge on any atom is 0.242 e. The number of carbonyl (C=O) groups excluding carboxylic acids is 2. The largest absolute Gasteiger partial charge is 0.354 e. The molecular weight excluding hydrogens is 355 g/mol. The Bertz CT molecular complexity index is 785. The number of amides is 2. The Balaban J connectivity index is 2.18. The molecule has 2 rings (SSSR count). The molecule has 0 spiro atoms. The van der Waals surface area contributed by atoms with Crippen molar-refractivity contribution in [3.63, 3.8) is 0 Å². The van der Waals surface area contributed by atoms with Gasteiger partial charge in [-0.3, -0.25) is 9.59 Å². The summed E-state index contributed by atoms with van der Waals surface area (Å²) in [6.07, 6.45) is 0.119. The predicted molar refractivity (Wildman–Crippen MR) is 109 cm³/mol. The zero-order valence-corrected chi connectivity index (χ0v) is 17.0. The first-order valence-electron chi connectivity index (χ1n) is 9.63. The number of rotatable bonds is 8. The van der Waals surface area contributed by atoms with Crippen molar-refractivity contribution >= 4 is 11.8 Å². The molecule has 0 aliphatic rings. The van der Waals surface area contributed by atoms with E-state index in [1.54, 1.807) is 24.0 Å². The monoisotopic (exact) mass is 384 g/mol. The Labute approximate surface area is 166 Å². The molecule has 0 saturated heterocycles. The second kappa shape index (κ2) is 10.0. The number of nitrogens with zero attached hydrogens (tertiary/aromatic N) is 1. The highest BCUT2D eigenvalue weighted by Gasteiger charge is 2.26. The molecule has 0 fully saturated rings. The van der Waals surface area contributed by atoms with E-state index < -0.39 is 6.04 Å². The van der Waals surface area contributed by atoms with Gasteiger partial charge in [-0.1, -0.05) is 55.8 Å². The van der Waals surface area contributed by atoms with Crippen molar-refractivity contribution in [1.29, 1.82) is 0 Å². The van der Waals surface area contributed by atoms with E-state index in [1.165, 1.54) is 12.1 Å². The van der Waals surface area contributed by atoms with E-state index in [1.807, 2.05) is 45.0 Å². The van der Waals surface area contributed by atoms with Crippen LogP contribution in [-0.2, 0) is 22.6 Å².